The van der Waals surface area contributed by atoms with Gasteiger partial charge in [-0.15, -0.1) is 0 Å². The van der Waals surface area contributed by atoms with Gasteiger partial charge in [0.2, 0.25) is 5.69 Å². The molecule has 0 bridgehead atoms. The van der Waals surface area contributed by atoms with Crippen LogP contribution < -0.4 is 4.90 Å². The van der Waals surface area contributed by atoms with Crippen molar-refractivity contribution in [2.45, 2.75) is 65.2 Å². The minimum Gasteiger partial charge on any atom is -0.347 e. The van der Waals surface area contributed by atoms with Gasteiger partial charge in [0.15, 0.2) is 5.71 Å². The van der Waals surface area contributed by atoms with Crippen LogP contribution in [-0.4, -0.2) is 41.1 Å². The second-order valence-electron chi connectivity index (χ2n) is 13.2. The Morgan fingerprint density at radius 1 is 0.841 bits per heavy atom. The number of likely N-dealkylation sites (N-methyl/N-ethyl adjacent to an activating group) is 1. The normalized spacial score (nSPS) is 20.1. The summed E-state index contributed by atoms with van der Waals surface area (Å²) in [5, 5.41) is 0. The van der Waals surface area contributed by atoms with Gasteiger partial charge in [-0.1, -0.05) is 75.6 Å². The van der Waals surface area contributed by atoms with Crippen LogP contribution >= 0.6 is 0 Å². The SMILES string of the molecule is C=C(C)C(=O)N(C(=O)C(=C)C)C1=C(/C=C/C2=[N+](C)c3ccccc3C2(C)C)CC/C1=C\C=C1\N(C)c2ccccc2C1(C)C. The van der Waals surface area contributed by atoms with E-state index in [1.807, 2.05) is 0 Å². The Balaban J connectivity index is 1.65. The molecule has 226 valence electrons. The smallest absolute Gasteiger partial charge is 0.260 e. The Kier molecular flexibility index (Phi) is 7.88. The quantitative estimate of drug-likeness (QED) is 0.254. The molecule has 0 atom stereocenters. The number of allylic oxidation sites excluding steroid dienone is 7. The van der Waals surface area contributed by atoms with Crippen LogP contribution in [0.25, 0.3) is 0 Å². The van der Waals surface area contributed by atoms with E-state index < -0.39 is 11.8 Å². The molecule has 2 amide bonds. The van der Waals surface area contributed by atoms with Crippen molar-refractivity contribution >= 4 is 28.9 Å². The Labute approximate surface area is 262 Å². The molecule has 1 aliphatic carbocycles. The number of amides is 2. The lowest BCUT2D eigenvalue weighted by Gasteiger charge is -2.25. The third-order valence-electron chi connectivity index (χ3n) is 9.40. The maximum absolute atomic E-state index is 13.6. The molecule has 0 saturated heterocycles. The number of carbonyl (C=O) groups is 2. The van der Waals surface area contributed by atoms with Gasteiger partial charge in [0, 0.05) is 52.7 Å². The van der Waals surface area contributed by atoms with Crippen molar-refractivity contribution in [2.75, 3.05) is 19.0 Å². The number of nitrogens with zero attached hydrogens (tertiary/aromatic N) is 3. The molecule has 0 aromatic heterocycles. The fourth-order valence-electron chi connectivity index (χ4n) is 6.96. The van der Waals surface area contributed by atoms with Gasteiger partial charge in [0.05, 0.1) is 11.1 Å². The molecule has 0 radical (unpaired) electrons. The summed E-state index contributed by atoms with van der Waals surface area (Å²) in [7, 11) is 4.18. The zero-order valence-electron chi connectivity index (χ0n) is 27.4. The van der Waals surface area contributed by atoms with Crippen molar-refractivity contribution < 1.29 is 14.2 Å². The monoisotopic (exact) mass is 586 g/mol. The second kappa shape index (κ2) is 11.2. The zero-order valence-corrected chi connectivity index (χ0v) is 27.4. The minimum atomic E-state index is -0.413. The average Bonchev–Trinajstić information content (AvgIpc) is 3.53. The summed E-state index contributed by atoms with van der Waals surface area (Å²) in [4.78, 5) is 30.8. The molecule has 2 aliphatic heterocycles. The molecule has 5 nitrogen and oxygen atoms in total. The number of benzene rings is 2. The highest BCUT2D eigenvalue weighted by Crippen LogP contribution is 2.47. The molecule has 2 aromatic rings. The highest BCUT2D eigenvalue weighted by atomic mass is 16.2. The maximum Gasteiger partial charge on any atom is 0.260 e. The molecule has 44 heavy (non-hydrogen) atoms. The van der Waals surface area contributed by atoms with Crippen LogP contribution in [0.2, 0.25) is 0 Å². The molecule has 0 saturated carbocycles. The summed E-state index contributed by atoms with van der Waals surface area (Å²) in [6.07, 6.45) is 9.89. The zero-order chi connectivity index (χ0) is 32.1. The van der Waals surface area contributed by atoms with Crippen LogP contribution in [-0.2, 0) is 20.4 Å². The first-order valence-electron chi connectivity index (χ1n) is 15.3. The summed E-state index contributed by atoms with van der Waals surface area (Å²) >= 11 is 0. The van der Waals surface area contributed by atoms with Gasteiger partial charge < -0.3 is 4.90 Å². The van der Waals surface area contributed by atoms with Crippen molar-refractivity contribution in [1.29, 1.82) is 0 Å². The predicted octanol–water partition coefficient (Wildman–Crippen LogP) is 8.04. The van der Waals surface area contributed by atoms with Gasteiger partial charge in [-0.25, -0.2) is 4.90 Å². The number of rotatable bonds is 6. The van der Waals surface area contributed by atoms with Gasteiger partial charge in [0.1, 0.15) is 7.05 Å². The Morgan fingerprint density at radius 3 is 2.02 bits per heavy atom. The fraction of sp³-hybridized carbons (Fsp3) is 0.308. The topological polar surface area (TPSA) is 43.6 Å². The largest absolute Gasteiger partial charge is 0.347 e. The van der Waals surface area contributed by atoms with Crippen LogP contribution in [0.15, 0.2) is 120 Å². The van der Waals surface area contributed by atoms with E-state index in [1.165, 1.54) is 27.4 Å². The van der Waals surface area contributed by atoms with Crippen LogP contribution in [0.1, 0.15) is 65.5 Å². The molecule has 5 heteroatoms. The Bertz CT molecular complexity index is 1750. The lowest BCUT2D eigenvalue weighted by molar-refractivity contribution is -0.401. The average molecular weight is 587 g/mol. The van der Waals surface area contributed by atoms with Gasteiger partial charge in [-0.05, 0) is 69.4 Å². The lowest BCUT2D eigenvalue weighted by atomic mass is 9.81. The first kappa shape index (κ1) is 30.9. The molecule has 0 N–H and O–H groups in total. The maximum atomic E-state index is 13.6. The van der Waals surface area contributed by atoms with Gasteiger partial charge in [0.25, 0.3) is 11.8 Å². The van der Waals surface area contributed by atoms with Crippen LogP contribution in [0.3, 0.4) is 0 Å². The first-order valence-corrected chi connectivity index (χ1v) is 15.3. The van der Waals surface area contributed by atoms with Crippen molar-refractivity contribution in [3.63, 3.8) is 0 Å². The molecule has 0 spiro atoms. The molecule has 3 aliphatic rings. The van der Waals surface area contributed by atoms with Crippen LogP contribution in [0.5, 0.6) is 0 Å². The van der Waals surface area contributed by atoms with E-state index in [0.29, 0.717) is 29.7 Å². The van der Waals surface area contributed by atoms with Crippen LogP contribution in [0.4, 0.5) is 11.4 Å². The standard InChI is InChI=1S/C39H44N3O2/c1-25(2)36(43)42(37(44)26(3)4)35-27(21-23-33-38(5,6)29-15-11-13-17-31(29)40(33)9)19-20-28(35)22-24-34-39(7,8)30-16-12-14-18-32(30)41(34)10/h11-18,21-24H,1,3,19-20H2,2,4-10H3/q+1. The van der Waals surface area contributed by atoms with E-state index in [0.717, 1.165) is 22.6 Å². The van der Waals surface area contributed by atoms with Gasteiger partial charge in [-0.2, -0.15) is 4.58 Å². The molecule has 2 heterocycles. The summed E-state index contributed by atoms with van der Waals surface area (Å²) in [5.41, 5.74) is 9.94. The predicted molar refractivity (Wildman–Crippen MR) is 181 cm³/mol. The van der Waals surface area contributed by atoms with E-state index in [1.54, 1.807) is 13.8 Å². The number of imide groups is 1. The number of carbonyl (C=O) groups excluding carboxylic acids is 2. The van der Waals surface area contributed by atoms with E-state index in [4.69, 9.17) is 0 Å². The molecule has 0 unspecified atom stereocenters. The molecule has 2 aromatic carbocycles. The summed E-state index contributed by atoms with van der Waals surface area (Å²) in [6, 6.07) is 16.9. The lowest BCUT2D eigenvalue weighted by Crippen LogP contribution is -2.37. The number of hydrogen-bond donors (Lipinski definition) is 0. The number of anilines is 1. The number of hydrogen-bond acceptors (Lipinski definition) is 3. The fourth-order valence-corrected chi connectivity index (χ4v) is 6.96. The van der Waals surface area contributed by atoms with Gasteiger partial charge in [-0.3, -0.25) is 9.59 Å². The first-order chi connectivity index (χ1) is 20.7. The van der Waals surface area contributed by atoms with E-state index in [-0.39, 0.29) is 10.8 Å². The van der Waals surface area contributed by atoms with Crippen LogP contribution in [0, 0.1) is 0 Å². The highest BCUT2D eigenvalue weighted by Gasteiger charge is 2.43. The van der Waals surface area contributed by atoms with E-state index >= 15 is 0 Å². The second-order valence-corrected chi connectivity index (χ2v) is 13.2. The van der Waals surface area contributed by atoms with Crippen molar-refractivity contribution in [3.8, 4) is 0 Å². The minimum absolute atomic E-state index is 0.196. The number of para-hydroxylation sites is 2. The molecular weight excluding hydrogens is 542 g/mol. The van der Waals surface area contributed by atoms with E-state index in [9.17, 15) is 9.59 Å². The third kappa shape index (κ3) is 4.94. The molecule has 5 rings (SSSR count). The van der Waals surface area contributed by atoms with E-state index in [2.05, 4.69) is 137 Å². The van der Waals surface area contributed by atoms with Gasteiger partial charge >= 0.3 is 0 Å². The van der Waals surface area contributed by atoms with Crippen molar-refractivity contribution in [2.24, 2.45) is 0 Å². The Hall–Kier alpha value is -4.51. The number of fused-ring (bicyclic) bond motifs is 2. The highest BCUT2D eigenvalue weighted by molar-refractivity contribution is 6.11. The summed E-state index contributed by atoms with van der Waals surface area (Å²) in [6.45, 7) is 20.0. The molecule has 0 fully saturated rings. The Morgan fingerprint density at radius 2 is 1.43 bits per heavy atom. The molecular formula is C39H44N3O2+. The van der Waals surface area contributed by atoms with Crippen molar-refractivity contribution in [3.05, 3.63) is 131 Å². The summed E-state index contributed by atoms with van der Waals surface area (Å²) in [5.74, 6) is -0.827. The van der Waals surface area contributed by atoms with Crippen molar-refractivity contribution in [1.82, 2.24) is 4.90 Å². The summed E-state index contributed by atoms with van der Waals surface area (Å²) < 4.78 is 2.23. The third-order valence-corrected chi connectivity index (χ3v) is 9.40.